The van der Waals surface area contributed by atoms with Gasteiger partial charge in [0.1, 0.15) is 11.5 Å². The number of aromatic nitrogens is 3. The molecule has 2 N–H and O–H groups in total. The molecule has 0 spiro atoms. The van der Waals surface area contributed by atoms with Gasteiger partial charge >= 0.3 is 11.8 Å². The fourth-order valence-electron chi connectivity index (χ4n) is 3.45. The van der Waals surface area contributed by atoms with Gasteiger partial charge in [-0.25, -0.2) is 4.52 Å². The third-order valence-electron chi connectivity index (χ3n) is 5.31. The number of carbonyl (C=O) groups is 2. The number of fused-ring (bicyclic) bond motifs is 1. The SMILES string of the molecule is COc1ccc(-c2nc3sc(CCNC(=O)C(=O)Nc4cc(C)ccc4OC)c(C)n3n2)cc1. The van der Waals surface area contributed by atoms with Gasteiger partial charge in [-0.15, -0.1) is 5.10 Å². The molecule has 0 aliphatic heterocycles. The van der Waals surface area contributed by atoms with E-state index in [0.717, 1.165) is 32.4 Å². The van der Waals surface area contributed by atoms with Crippen LogP contribution in [0.25, 0.3) is 16.3 Å². The van der Waals surface area contributed by atoms with Gasteiger partial charge in [-0.1, -0.05) is 17.4 Å². The van der Waals surface area contributed by atoms with Crippen molar-refractivity contribution in [1.29, 1.82) is 0 Å². The molecule has 4 aromatic rings. The summed E-state index contributed by atoms with van der Waals surface area (Å²) in [5.74, 6) is 0.456. The van der Waals surface area contributed by atoms with E-state index in [-0.39, 0.29) is 0 Å². The van der Waals surface area contributed by atoms with E-state index in [2.05, 4.69) is 20.7 Å². The number of nitrogens with zero attached hydrogens (tertiary/aromatic N) is 3. The molecule has 0 aliphatic carbocycles. The van der Waals surface area contributed by atoms with Gasteiger partial charge < -0.3 is 20.1 Å². The number of benzene rings is 2. The minimum Gasteiger partial charge on any atom is -0.497 e. The third kappa shape index (κ3) is 4.86. The van der Waals surface area contributed by atoms with Crippen molar-refractivity contribution in [1.82, 2.24) is 19.9 Å². The largest absolute Gasteiger partial charge is 0.497 e. The Labute approximate surface area is 200 Å². The van der Waals surface area contributed by atoms with Gasteiger partial charge in [-0.05, 0) is 55.8 Å². The average molecular weight is 480 g/mol. The van der Waals surface area contributed by atoms with Gasteiger partial charge in [-0.3, -0.25) is 9.59 Å². The maximum absolute atomic E-state index is 12.3. The van der Waals surface area contributed by atoms with Gasteiger partial charge in [-0.2, -0.15) is 4.98 Å². The number of aryl methyl sites for hydroxylation is 2. The van der Waals surface area contributed by atoms with Crippen molar-refractivity contribution in [2.24, 2.45) is 0 Å². The average Bonchev–Trinajstić information content (AvgIpc) is 3.38. The van der Waals surface area contributed by atoms with E-state index in [1.54, 1.807) is 23.8 Å². The number of ether oxygens (including phenoxy) is 2. The Hall–Kier alpha value is -3.92. The van der Waals surface area contributed by atoms with Crippen LogP contribution in [0.4, 0.5) is 5.69 Å². The summed E-state index contributed by atoms with van der Waals surface area (Å²) < 4.78 is 12.2. The summed E-state index contributed by atoms with van der Waals surface area (Å²) in [5.41, 5.74) is 3.26. The summed E-state index contributed by atoms with van der Waals surface area (Å²) in [6, 6.07) is 12.9. The number of rotatable bonds is 7. The van der Waals surface area contributed by atoms with Crippen LogP contribution < -0.4 is 20.1 Å². The number of hydrogen-bond acceptors (Lipinski definition) is 7. The van der Waals surface area contributed by atoms with Crippen molar-refractivity contribution in [3.8, 4) is 22.9 Å². The molecule has 0 radical (unpaired) electrons. The Morgan fingerprint density at radius 1 is 1.03 bits per heavy atom. The molecule has 0 saturated heterocycles. The number of hydrogen-bond donors (Lipinski definition) is 2. The van der Waals surface area contributed by atoms with Gasteiger partial charge in [0.15, 0.2) is 5.82 Å². The van der Waals surface area contributed by atoms with Gasteiger partial charge in [0.25, 0.3) is 0 Å². The highest BCUT2D eigenvalue weighted by Gasteiger charge is 2.18. The summed E-state index contributed by atoms with van der Waals surface area (Å²) in [6.07, 6.45) is 0.562. The Kier molecular flexibility index (Phi) is 6.78. The molecular weight excluding hydrogens is 454 g/mol. The summed E-state index contributed by atoms with van der Waals surface area (Å²) in [5, 5.41) is 9.88. The lowest BCUT2D eigenvalue weighted by Gasteiger charge is -2.11. The first-order chi connectivity index (χ1) is 16.4. The van der Waals surface area contributed by atoms with Gasteiger partial charge in [0.05, 0.1) is 25.6 Å². The zero-order valence-corrected chi connectivity index (χ0v) is 20.2. The lowest BCUT2D eigenvalue weighted by molar-refractivity contribution is -0.136. The predicted octanol–water partition coefficient (Wildman–Crippen LogP) is 3.39. The number of nitrogens with one attached hydrogen (secondary N) is 2. The highest BCUT2D eigenvalue weighted by molar-refractivity contribution is 7.17. The summed E-state index contributed by atoms with van der Waals surface area (Å²) >= 11 is 1.51. The fourth-order valence-corrected chi connectivity index (χ4v) is 4.50. The van der Waals surface area contributed by atoms with Gasteiger partial charge in [0, 0.05) is 23.4 Å². The van der Waals surface area contributed by atoms with Crippen LogP contribution in [0.2, 0.25) is 0 Å². The van der Waals surface area contributed by atoms with Crippen molar-refractivity contribution in [3.63, 3.8) is 0 Å². The Morgan fingerprint density at radius 3 is 2.47 bits per heavy atom. The van der Waals surface area contributed by atoms with Gasteiger partial charge in [0.2, 0.25) is 4.96 Å². The number of carbonyl (C=O) groups excluding carboxylic acids is 2. The van der Waals surface area contributed by atoms with Crippen LogP contribution in [-0.2, 0) is 16.0 Å². The fraction of sp³-hybridized carbons (Fsp3) is 0.250. The minimum absolute atomic E-state index is 0.313. The topological polar surface area (TPSA) is 107 Å². The molecule has 2 aromatic carbocycles. The molecule has 0 saturated carbocycles. The first-order valence-electron chi connectivity index (χ1n) is 10.6. The van der Waals surface area contributed by atoms with Crippen LogP contribution in [0.5, 0.6) is 11.5 Å². The van der Waals surface area contributed by atoms with Crippen molar-refractivity contribution in [2.45, 2.75) is 20.3 Å². The molecule has 2 amide bonds. The van der Waals surface area contributed by atoms with E-state index in [9.17, 15) is 9.59 Å². The second-order valence-corrected chi connectivity index (χ2v) is 8.69. The molecule has 0 unspecified atom stereocenters. The normalized spacial score (nSPS) is 10.8. The predicted molar refractivity (Wildman–Crippen MR) is 131 cm³/mol. The van der Waals surface area contributed by atoms with Crippen molar-refractivity contribution in [2.75, 3.05) is 26.1 Å². The van der Waals surface area contributed by atoms with E-state index < -0.39 is 11.8 Å². The quantitative estimate of drug-likeness (QED) is 0.394. The lowest BCUT2D eigenvalue weighted by atomic mass is 10.2. The molecule has 10 heteroatoms. The molecule has 176 valence electrons. The zero-order chi connectivity index (χ0) is 24.2. The first kappa shape index (κ1) is 23.2. The van der Waals surface area contributed by atoms with Crippen LogP contribution in [0.1, 0.15) is 16.1 Å². The molecule has 9 nitrogen and oxygen atoms in total. The maximum atomic E-state index is 12.3. The summed E-state index contributed by atoms with van der Waals surface area (Å²) in [4.78, 5) is 31.0. The molecule has 2 aromatic heterocycles. The second-order valence-electron chi connectivity index (χ2n) is 7.63. The number of anilines is 1. The lowest BCUT2D eigenvalue weighted by Crippen LogP contribution is -2.36. The maximum Gasteiger partial charge on any atom is 0.313 e. The molecule has 4 rings (SSSR count). The highest BCUT2D eigenvalue weighted by Crippen LogP contribution is 2.27. The molecular formula is C24H25N5O4S. The van der Waals surface area contributed by atoms with Crippen molar-refractivity contribution >= 4 is 33.8 Å². The molecule has 0 bridgehead atoms. The number of amides is 2. The molecule has 2 heterocycles. The van der Waals surface area contributed by atoms with Crippen LogP contribution in [-0.4, -0.2) is 47.2 Å². The second kappa shape index (κ2) is 9.92. The number of thiazole rings is 1. The Morgan fingerprint density at radius 2 is 1.79 bits per heavy atom. The first-order valence-corrected chi connectivity index (χ1v) is 11.4. The third-order valence-corrected chi connectivity index (χ3v) is 6.50. The smallest absolute Gasteiger partial charge is 0.313 e. The van der Waals surface area contributed by atoms with E-state index in [1.807, 2.05) is 44.2 Å². The molecule has 0 fully saturated rings. The van der Waals surface area contributed by atoms with Crippen LogP contribution in [0.15, 0.2) is 42.5 Å². The van der Waals surface area contributed by atoms with E-state index in [4.69, 9.17) is 9.47 Å². The molecule has 0 atom stereocenters. The monoisotopic (exact) mass is 479 g/mol. The zero-order valence-electron chi connectivity index (χ0n) is 19.3. The van der Waals surface area contributed by atoms with E-state index in [1.165, 1.54) is 18.4 Å². The van der Waals surface area contributed by atoms with Crippen molar-refractivity contribution in [3.05, 3.63) is 58.6 Å². The van der Waals surface area contributed by atoms with E-state index in [0.29, 0.717) is 30.2 Å². The highest BCUT2D eigenvalue weighted by atomic mass is 32.1. The number of methoxy groups -OCH3 is 2. The molecule has 0 aliphatic rings. The Balaban J connectivity index is 1.36. The standard InChI is InChI=1S/C24H25N5O4S/c1-14-5-10-19(33-4)18(13-14)26-23(31)22(30)25-12-11-20-15(2)29-24(34-20)27-21(28-29)16-6-8-17(32-3)9-7-16/h5-10,13H,11-12H2,1-4H3,(H,25,30)(H,26,31). The van der Waals surface area contributed by atoms with Crippen LogP contribution in [0, 0.1) is 13.8 Å². The summed E-state index contributed by atoms with van der Waals surface area (Å²) in [6.45, 7) is 4.17. The van der Waals surface area contributed by atoms with Crippen molar-refractivity contribution < 1.29 is 19.1 Å². The van der Waals surface area contributed by atoms with Crippen LogP contribution in [0.3, 0.4) is 0 Å². The minimum atomic E-state index is -0.743. The Bertz CT molecular complexity index is 1340. The summed E-state index contributed by atoms with van der Waals surface area (Å²) in [7, 11) is 3.14. The van der Waals surface area contributed by atoms with E-state index >= 15 is 0 Å². The molecule has 34 heavy (non-hydrogen) atoms. The van der Waals surface area contributed by atoms with Crippen LogP contribution >= 0.6 is 11.3 Å².